The third-order valence-electron chi connectivity index (χ3n) is 6.12. The molecule has 2 aromatic carbocycles. The van der Waals surface area contributed by atoms with E-state index in [-0.39, 0.29) is 11.5 Å². The second-order valence-corrected chi connectivity index (χ2v) is 8.38. The molecule has 1 aromatic heterocycles. The minimum Gasteiger partial charge on any atom is -0.352 e. The highest BCUT2D eigenvalue weighted by molar-refractivity contribution is 5.94. The molecule has 0 radical (unpaired) electrons. The standard InChI is InChI=1S/C25H25F3N4O/c1-16-14-18(3)21(15-17(16)2)22-8-9-23(30-29-22)31-10-12-32(13-11-31)24(33)19-4-6-20(7-5-19)25(26,27)28/h4-9,14-15H,10-13H2,1-3H3. The molecule has 1 aliphatic heterocycles. The molecule has 0 unspecified atom stereocenters. The molecule has 0 spiro atoms. The van der Waals surface area contributed by atoms with Crippen molar-refractivity contribution in [3.63, 3.8) is 0 Å². The zero-order valence-electron chi connectivity index (χ0n) is 18.8. The molecule has 1 amide bonds. The first kappa shape index (κ1) is 22.8. The van der Waals surface area contributed by atoms with E-state index in [0.29, 0.717) is 26.2 Å². The average Bonchev–Trinajstić information content (AvgIpc) is 2.81. The maximum atomic E-state index is 12.7. The summed E-state index contributed by atoms with van der Waals surface area (Å²) >= 11 is 0. The van der Waals surface area contributed by atoms with Crippen LogP contribution in [0.5, 0.6) is 0 Å². The molecule has 2 heterocycles. The highest BCUT2D eigenvalue weighted by Gasteiger charge is 2.31. The molecular weight excluding hydrogens is 429 g/mol. The number of aryl methyl sites for hydroxylation is 3. The normalized spacial score (nSPS) is 14.5. The molecule has 5 nitrogen and oxygen atoms in total. The average molecular weight is 454 g/mol. The van der Waals surface area contributed by atoms with Crippen LogP contribution in [0.4, 0.5) is 19.0 Å². The number of anilines is 1. The Morgan fingerprint density at radius 3 is 2.03 bits per heavy atom. The van der Waals surface area contributed by atoms with Crippen LogP contribution in [0.15, 0.2) is 48.5 Å². The van der Waals surface area contributed by atoms with Crippen LogP contribution in [0.25, 0.3) is 11.3 Å². The molecular formula is C25H25F3N4O. The number of amides is 1. The Hall–Kier alpha value is -3.42. The first-order valence-electron chi connectivity index (χ1n) is 10.8. The highest BCUT2D eigenvalue weighted by Crippen LogP contribution is 2.29. The van der Waals surface area contributed by atoms with Crippen LogP contribution in [0.1, 0.15) is 32.6 Å². The van der Waals surface area contributed by atoms with Gasteiger partial charge in [0.1, 0.15) is 0 Å². The Bertz CT molecular complexity index is 1150. The van der Waals surface area contributed by atoms with Crippen molar-refractivity contribution in [1.29, 1.82) is 0 Å². The molecule has 1 fully saturated rings. The molecule has 33 heavy (non-hydrogen) atoms. The third-order valence-corrected chi connectivity index (χ3v) is 6.12. The summed E-state index contributed by atoms with van der Waals surface area (Å²) in [6, 6.07) is 12.5. The van der Waals surface area contributed by atoms with Gasteiger partial charge in [-0.25, -0.2) is 0 Å². The van der Waals surface area contributed by atoms with Gasteiger partial charge in [0.15, 0.2) is 5.82 Å². The lowest BCUT2D eigenvalue weighted by molar-refractivity contribution is -0.137. The van der Waals surface area contributed by atoms with Crippen molar-refractivity contribution >= 4 is 11.7 Å². The third kappa shape index (κ3) is 4.84. The summed E-state index contributed by atoms with van der Waals surface area (Å²) in [5, 5.41) is 8.82. The van der Waals surface area contributed by atoms with E-state index in [1.165, 1.54) is 23.3 Å². The second kappa shape index (κ2) is 8.84. The summed E-state index contributed by atoms with van der Waals surface area (Å²) in [5.41, 5.74) is 4.96. The van der Waals surface area contributed by atoms with Gasteiger partial charge < -0.3 is 9.80 Å². The minimum absolute atomic E-state index is 0.254. The van der Waals surface area contributed by atoms with Gasteiger partial charge in [0.05, 0.1) is 11.3 Å². The van der Waals surface area contributed by atoms with Crippen LogP contribution in [0.2, 0.25) is 0 Å². The predicted octanol–water partition coefficient (Wildman–Crippen LogP) is 5.05. The number of aromatic nitrogens is 2. The lowest BCUT2D eigenvalue weighted by Gasteiger charge is -2.35. The number of carbonyl (C=O) groups excluding carboxylic acids is 1. The van der Waals surface area contributed by atoms with E-state index < -0.39 is 11.7 Å². The van der Waals surface area contributed by atoms with Gasteiger partial charge in [-0.2, -0.15) is 13.2 Å². The maximum Gasteiger partial charge on any atom is 0.416 e. The molecule has 172 valence electrons. The predicted molar refractivity (Wildman–Crippen MR) is 121 cm³/mol. The molecule has 1 aliphatic rings. The van der Waals surface area contributed by atoms with Gasteiger partial charge in [-0.1, -0.05) is 6.07 Å². The van der Waals surface area contributed by atoms with Crippen molar-refractivity contribution in [1.82, 2.24) is 15.1 Å². The summed E-state index contributed by atoms with van der Waals surface area (Å²) < 4.78 is 38.2. The molecule has 8 heteroatoms. The van der Waals surface area contributed by atoms with Crippen LogP contribution in [-0.2, 0) is 6.18 Å². The van der Waals surface area contributed by atoms with Crippen molar-refractivity contribution in [2.24, 2.45) is 0 Å². The number of rotatable bonds is 3. The number of piperazine rings is 1. The van der Waals surface area contributed by atoms with Gasteiger partial charge in [0.2, 0.25) is 0 Å². The van der Waals surface area contributed by atoms with Gasteiger partial charge in [0, 0.05) is 37.3 Å². The number of carbonyl (C=O) groups is 1. The molecule has 0 atom stereocenters. The fraction of sp³-hybridized carbons (Fsp3) is 0.320. The van der Waals surface area contributed by atoms with Crippen LogP contribution in [0, 0.1) is 20.8 Å². The van der Waals surface area contributed by atoms with E-state index in [1.54, 1.807) is 4.90 Å². The summed E-state index contributed by atoms with van der Waals surface area (Å²) in [5.74, 6) is 0.469. The van der Waals surface area contributed by atoms with Crippen LogP contribution in [-0.4, -0.2) is 47.2 Å². The monoisotopic (exact) mass is 454 g/mol. The number of benzene rings is 2. The Kier molecular flexibility index (Phi) is 6.10. The summed E-state index contributed by atoms with van der Waals surface area (Å²) in [4.78, 5) is 16.4. The number of hydrogen-bond acceptors (Lipinski definition) is 4. The van der Waals surface area contributed by atoms with Crippen LogP contribution in [0.3, 0.4) is 0 Å². The molecule has 0 saturated carbocycles. The number of hydrogen-bond donors (Lipinski definition) is 0. The van der Waals surface area contributed by atoms with E-state index in [2.05, 4.69) is 48.0 Å². The smallest absolute Gasteiger partial charge is 0.352 e. The fourth-order valence-electron chi connectivity index (χ4n) is 4.00. The van der Waals surface area contributed by atoms with Crippen molar-refractivity contribution in [3.05, 3.63) is 76.3 Å². The molecule has 4 rings (SSSR count). The van der Waals surface area contributed by atoms with E-state index in [1.807, 2.05) is 12.1 Å². The zero-order chi connectivity index (χ0) is 23.8. The summed E-state index contributed by atoms with van der Waals surface area (Å²) in [7, 11) is 0. The lowest BCUT2D eigenvalue weighted by Crippen LogP contribution is -2.49. The maximum absolute atomic E-state index is 12.7. The van der Waals surface area contributed by atoms with Gasteiger partial charge in [-0.05, 0) is 79.9 Å². The Labute approximate surface area is 190 Å². The molecule has 0 N–H and O–H groups in total. The topological polar surface area (TPSA) is 49.3 Å². The van der Waals surface area contributed by atoms with Crippen LogP contribution < -0.4 is 4.90 Å². The van der Waals surface area contributed by atoms with Crippen molar-refractivity contribution in [2.75, 3.05) is 31.1 Å². The second-order valence-electron chi connectivity index (χ2n) is 8.38. The molecule has 0 bridgehead atoms. The Morgan fingerprint density at radius 1 is 0.818 bits per heavy atom. The first-order chi connectivity index (χ1) is 15.6. The zero-order valence-corrected chi connectivity index (χ0v) is 18.8. The largest absolute Gasteiger partial charge is 0.416 e. The molecule has 3 aromatic rings. The minimum atomic E-state index is -4.42. The van der Waals surface area contributed by atoms with Crippen molar-refractivity contribution < 1.29 is 18.0 Å². The Balaban J connectivity index is 1.40. The van der Waals surface area contributed by atoms with Crippen molar-refractivity contribution in [2.45, 2.75) is 26.9 Å². The quantitative estimate of drug-likeness (QED) is 0.556. The van der Waals surface area contributed by atoms with E-state index in [0.717, 1.165) is 34.8 Å². The summed E-state index contributed by atoms with van der Waals surface area (Å²) in [6.07, 6.45) is -4.42. The Morgan fingerprint density at radius 2 is 1.45 bits per heavy atom. The number of alkyl halides is 3. The summed E-state index contributed by atoms with van der Waals surface area (Å²) in [6.45, 7) is 8.28. The number of halogens is 3. The fourth-order valence-corrected chi connectivity index (χ4v) is 4.00. The van der Waals surface area contributed by atoms with E-state index in [9.17, 15) is 18.0 Å². The first-order valence-corrected chi connectivity index (χ1v) is 10.8. The van der Waals surface area contributed by atoms with Gasteiger partial charge in [-0.3, -0.25) is 4.79 Å². The van der Waals surface area contributed by atoms with E-state index >= 15 is 0 Å². The molecule has 0 aliphatic carbocycles. The van der Waals surface area contributed by atoms with Crippen molar-refractivity contribution in [3.8, 4) is 11.3 Å². The SMILES string of the molecule is Cc1cc(C)c(-c2ccc(N3CCN(C(=O)c4ccc(C(F)(F)F)cc4)CC3)nn2)cc1C. The van der Waals surface area contributed by atoms with Crippen LogP contribution >= 0.6 is 0 Å². The number of nitrogens with zero attached hydrogens (tertiary/aromatic N) is 4. The highest BCUT2D eigenvalue weighted by atomic mass is 19.4. The van der Waals surface area contributed by atoms with Gasteiger partial charge in [0.25, 0.3) is 5.91 Å². The van der Waals surface area contributed by atoms with Gasteiger partial charge in [-0.15, -0.1) is 10.2 Å². The molecule has 1 saturated heterocycles. The van der Waals surface area contributed by atoms with E-state index in [4.69, 9.17) is 0 Å². The lowest BCUT2D eigenvalue weighted by atomic mass is 9.99. The van der Waals surface area contributed by atoms with Gasteiger partial charge >= 0.3 is 6.18 Å².